The molecule has 8 nitrogen and oxygen atoms in total. The summed E-state index contributed by atoms with van der Waals surface area (Å²) >= 11 is 0. The van der Waals surface area contributed by atoms with Gasteiger partial charge in [-0.15, -0.1) is 0 Å². The van der Waals surface area contributed by atoms with E-state index < -0.39 is 52.9 Å². The van der Waals surface area contributed by atoms with Gasteiger partial charge < -0.3 is 25.2 Å². The monoisotopic (exact) mass is 312 g/mol. The van der Waals surface area contributed by atoms with Gasteiger partial charge in [0.25, 0.3) is 0 Å². The van der Waals surface area contributed by atoms with Crippen LogP contribution in [0, 0.1) is 0 Å². The third-order valence-corrected chi connectivity index (χ3v) is 3.40. The third kappa shape index (κ3) is 3.34. The predicted octanol–water partition coefficient (Wildman–Crippen LogP) is -2.35. The van der Waals surface area contributed by atoms with E-state index in [0.717, 1.165) is 0 Å². The standard InChI is InChI=1S/C7H11F3O8S/c8-7(9,10)19(15,16)18-5-3(12)2(1-11)17-6(14)4(5)13/h2-6,11-14H,1H2/t2-,3+,4-,5-,6?/m1/s1. The molecular weight excluding hydrogens is 301 g/mol. The van der Waals surface area contributed by atoms with E-state index in [0.29, 0.717) is 0 Å². The Morgan fingerprint density at radius 1 is 1.16 bits per heavy atom. The molecule has 0 amide bonds. The van der Waals surface area contributed by atoms with Crippen molar-refractivity contribution in [3.8, 4) is 0 Å². The SMILES string of the molecule is O=S(=O)(O[C@@H]1[C@@H](O)[C@@H](CO)OC(O)[C@@H]1O)C(F)(F)F. The highest BCUT2D eigenvalue weighted by Crippen LogP contribution is 2.30. The van der Waals surface area contributed by atoms with Crippen molar-refractivity contribution >= 4 is 10.1 Å². The van der Waals surface area contributed by atoms with Crippen molar-refractivity contribution in [2.24, 2.45) is 0 Å². The van der Waals surface area contributed by atoms with Gasteiger partial charge >= 0.3 is 15.6 Å². The largest absolute Gasteiger partial charge is 0.523 e. The average Bonchev–Trinajstić information content (AvgIpc) is 2.27. The second-order valence-electron chi connectivity index (χ2n) is 3.69. The first kappa shape index (κ1) is 16.6. The fourth-order valence-electron chi connectivity index (χ4n) is 1.38. The Morgan fingerprint density at radius 3 is 2.11 bits per heavy atom. The van der Waals surface area contributed by atoms with Gasteiger partial charge in [-0.3, -0.25) is 4.18 Å². The van der Waals surface area contributed by atoms with Crippen LogP contribution < -0.4 is 0 Å². The summed E-state index contributed by atoms with van der Waals surface area (Å²) in [7, 11) is -6.09. The molecule has 0 spiro atoms. The smallest absolute Gasteiger partial charge is 0.394 e. The number of hydrogen-bond donors (Lipinski definition) is 4. The third-order valence-electron chi connectivity index (χ3n) is 2.36. The quantitative estimate of drug-likeness (QED) is 0.336. The molecule has 0 saturated carbocycles. The van der Waals surface area contributed by atoms with E-state index in [2.05, 4.69) is 8.92 Å². The van der Waals surface area contributed by atoms with Gasteiger partial charge in [0.1, 0.15) is 24.4 Å². The Balaban J connectivity index is 2.97. The lowest BCUT2D eigenvalue weighted by Crippen LogP contribution is -2.60. The van der Waals surface area contributed by atoms with Crippen LogP contribution in [0.5, 0.6) is 0 Å². The minimum Gasteiger partial charge on any atom is -0.394 e. The van der Waals surface area contributed by atoms with Crippen molar-refractivity contribution < 1.29 is 50.9 Å². The highest BCUT2D eigenvalue weighted by molar-refractivity contribution is 7.87. The summed E-state index contributed by atoms with van der Waals surface area (Å²) in [5, 5.41) is 36.6. The first-order chi connectivity index (χ1) is 8.51. The fourth-order valence-corrected chi connectivity index (χ4v) is 2.01. The lowest BCUT2D eigenvalue weighted by molar-refractivity contribution is -0.282. The summed E-state index contributed by atoms with van der Waals surface area (Å²) in [5.74, 6) is 0. The minimum absolute atomic E-state index is 0.934. The van der Waals surface area contributed by atoms with Crippen LogP contribution >= 0.6 is 0 Å². The summed E-state index contributed by atoms with van der Waals surface area (Å²) in [6.45, 7) is -0.934. The Bertz CT molecular complexity index is 409. The lowest BCUT2D eigenvalue weighted by Gasteiger charge is -2.39. The van der Waals surface area contributed by atoms with Crippen molar-refractivity contribution in [1.82, 2.24) is 0 Å². The zero-order chi connectivity index (χ0) is 15.0. The van der Waals surface area contributed by atoms with Crippen LogP contribution in [-0.2, 0) is 19.0 Å². The molecule has 0 radical (unpaired) electrons. The fraction of sp³-hybridized carbons (Fsp3) is 1.00. The molecular formula is C7H11F3O8S. The van der Waals surface area contributed by atoms with Gasteiger partial charge in [0, 0.05) is 0 Å². The molecule has 114 valence electrons. The molecule has 0 aliphatic carbocycles. The molecule has 19 heavy (non-hydrogen) atoms. The number of aliphatic hydroxyl groups excluding tert-OH is 4. The number of rotatable bonds is 3. The summed E-state index contributed by atoms with van der Waals surface area (Å²) in [5.41, 5.74) is -5.76. The van der Waals surface area contributed by atoms with Gasteiger partial charge in [-0.1, -0.05) is 0 Å². The molecule has 0 bridgehead atoms. The van der Waals surface area contributed by atoms with Crippen molar-refractivity contribution in [3.05, 3.63) is 0 Å². The Labute approximate surface area is 105 Å². The lowest BCUT2D eigenvalue weighted by atomic mass is 9.99. The van der Waals surface area contributed by atoms with E-state index in [-0.39, 0.29) is 0 Å². The van der Waals surface area contributed by atoms with Crippen LogP contribution in [0.2, 0.25) is 0 Å². The van der Waals surface area contributed by atoms with Gasteiger partial charge in [-0.25, -0.2) is 0 Å². The van der Waals surface area contributed by atoms with Gasteiger partial charge in [0.15, 0.2) is 6.29 Å². The van der Waals surface area contributed by atoms with E-state index in [1.165, 1.54) is 0 Å². The average molecular weight is 312 g/mol. The predicted molar refractivity (Wildman–Crippen MR) is 49.8 cm³/mol. The van der Waals surface area contributed by atoms with Crippen molar-refractivity contribution in [3.63, 3.8) is 0 Å². The Hall–Kier alpha value is -0.500. The van der Waals surface area contributed by atoms with Gasteiger partial charge in [-0.05, 0) is 0 Å². The molecule has 1 rings (SSSR count). The molecule has 1 aliphatic heterocycles. The van der Waals surface area contributed by atoms with Crippen molar-refractivity contribution in [2.45, 2.75) is 36.2 Å². The van der Waals surface area contributed by atoms with E-state index in [9.17, 15) is 31.8 Å². The van der Waals surface area contributed by atoms with Crippen LogP contribution in [0.1, 0.15) is 0 Å². The summed E-state index contributed by atoms with van der Waals surface area (Å²) in [4.78, 5) is 0. The van der Waals surface area contributed by atoms with Gasteiger partial charge in [0.2, 0.25) is 0 Å². The highest BCUT2D eigenvalue weighted by atomic mass is 32.2. The maximum Gasteiger partial charge on any atom is 0.523 e. The zero-order valence-electron chi connectivity index (χ0n) is 9.06. The first-order valence-corrected chi connectivity index (χ1v) is 6.22. The van der Waals surface area contributed by atoms with E-state index in [4.69, 9.17) is 10.2 Å². The topological polar surface area (TPSA) is 134 Å². The van der Waals surface area contributed by atoms with E-state index in [1.54, 1.807) is 0 Å². The number of ether oxygens (including phenoxy) is 1. The van der Waals surface area contributed by atoms with Crippen LogP contribution in [0.3, 0.4) is 0 Å². The van der Waals surface area contributed by atoms with Gasteiger partial charge in [-0.2, -0.15) is 21.6 Å². The number of alkyl halides is 3. The minimum atomic E-state index is -6.09. The molecule has 5 atom stereocenters. The molecule has 1 aliphatic rings. The number of hydrogen-bond acceptors (Lipinski definition) is 8. The normalized spacial score (nSPS) is 37.3. The van der Waals surface area contributed by atoms with E-state index in [1.807, 2.05) is 0 Å². The van der Waals surface area contributed by atoms with E-state index >= 15 is 0 Å². The second-order valence-corrected chi connectivity index (χ2v) is 5.25. The molecule has 4 N–H and O–H groups in total. The van der Waals surface area contributed by atoms with Crippen LogP contribution in [0.25, 0.3) is 0 Å². The van der Waals surface area contributed by atoms with Gasteiger partial charge in [0.05, 0.1) is 6.61 Å². The molecule has 1 heterocycles. The summed E-state index contributed by atoms with van der Waals surface area (Å²) in [6.07, 6.45) is -10.4. The molecule has 0 aromatic heterocycles. The van der Waals surface area contributed by atoms with Crippen LogP contribution in [0.4, 0.5) is 13.2 Å². The Kier molecular flexibility index (Phi) is 4.77. The molecule has 12 heteroatoms. The highest BCUT2D eigenvalue weighted by Gasteiger charge is 2.53. The maximum absolute atomic E-state index is 12.1. The molecule has 1 saturated heterocycles. The maximum atomic E-state index is 12.1. The number of aliphatic hydroxyl groups is 4. The van der Waals surface area contributed by atoms with Crippen molar-refractivity contribution in [1.29, 1.82) is 0 Å². The number of halogens is 3. The molecule has 0 aromatic rings. The molecule has 1 unspecified atom stereocenters. The molecule has 0 aromatic carbocycles. The molecule has 1 fully saturated rings. The summed E-state index contributed by atoms with van der Waals surface area (Å²) < 4.78 is 65.9. The second kappa shape index (κ2) is 5.47. The zero-order valence-corrected chi connectivity index (χ0v) is 9.87. The van der Waals surface area contributed by atoms with Crippen LogP contribution in [-0.4, -0.2) is 71.7 Å². The van der Waals surface area contributed by atoms with Crippen molar-refractivity contribution in [2.75, 3.05) is 6.61 Å². The van der Waals surface area contributed by atoms with Crippen LogP contribution in [0.15, 0.2) is 0 Å². The Morgan fingerprint density at radius 2 is 1.68 bits per heavy atom. The summed E-state index contributed by atoms with van der Waals surface area (Å²) in [6, 6.07) is 0. The first-order valence-electron chi connectivity index (χ1n) is 4.81.